The van der Waals surface area contributed by atoms with Gasteiger partial charge >= 0.3 is 5.97 Å². The van der Waals surface area contributed by atoms with Crippen molar-refractivity contribution in [2.45, 2.75) is 26.9 Å². The molecule has 0 bridgehead atoms. The number of nitriles is 1. The van der Waals surface area contributed by atoms with E-state index in [2.05, 4.69) is 0 Å². The molecule has 0 atom stereocenters. The van der Waals surface area contributed by atoms with Gasteiger partial charge in [0.1, 0.15) is 18.2 Å². The fraction of sp³-hybridized carbons (Fsp3) is 0.600. The van der Waals surface area contributed by atoms with E-state index in [1.807, 2.05) is 13.8 Å². The molecule has 0 rings (SSSR count). The van der Waals surface area contributed by atoms with Gasteiger partial charge < -0.3 is 9.47 Å². The van der Waals surface area contributed by atoms with Gasteiger partial charge in [0.05, 0.1) is 12.7 Å². The number of nitrogens with zero attached hydrogens (tertiary/aromatic N) is 1. The van der Waals surface area contributed by atoms with Gasteiger partial charge in [-0.3, -0.25) is 0 Å². The first-order valence-electron chi connectivity index (χ1n) is 4.47. The number of hydrogen-bond donors (Lipinski definition) is 0. The van der Waals surface area contributed by atoms with Crippen LogP contribution in [0, 0.1) is 11.3 Å². The average Bonchev–Trinajstić information content (AvgIpc) is 2.14. The smallest absolute Gasteiger partial charge is 0.348 e. The number of rotatable bonds is 5. The van der Waals surface area contributed by atoms with Crippen molar-refractivity contribution >= 4 is 5.97 Å². The molecule has 0 aliphatic heterocycles. The molecule has 0 aliphatic carbocycles. The molecule has 0 aromatic rings. The Morgan fingerprint density at radius 1 is 1.50 bits per heavy atom. The van der Waals surface area contributed by atoms with E-state index in [1.54, 1.807) is 13.0 Å². The number of carbonyl (C=O) groups excluding carboxylic acids is 1. The lowest BCUT2D eigenvalue weighted by molar-refractivity contribution is -0.140. The maximum Gasteiger partial charge on any atom is 0.348 e. The van der Waals surface area contributed by atoms with E-state index in [-0.39, 0.29) is 18.3 Å². The fourth-order valence-electron chi connectivity index (χ4n) is 0.724. The van der Waals surface area contributed by atoms with Gasteiger partial charge in [0, 0.05) is 0 Å². The normalized spacial score (nSPS) is 11.2. The van der Waals surface area contributed by atoms with Crippen LogP contribution in [-0.4, -0.2) is 25.3 Å². The Morgan fingerprint density at radius 2 is 2.14 bits per heavy atom. The summed E-state index contributed by atoms with van der Waals surface area (Å²) < 4.78 is 9.94. The van der Waals surface area contributed by atoms with Crippen LogP contribution in [0.15, 0.2) is 11.6 Å². The molecule has 0 heterocycles. The van der Waals surface area contributed by atoms with Crippen molar-refractivity contribution in [1.29, 1.82) is 5.26 Å². The molecule has 0 aromatic carbocycles. The Labute approximate surface area is 84.1 Å². The molecule has 0 saturated heterocycles. The molecule has 0 spiro atoms. The summed E-state index contributed by atoms with van der Waals surface area (Å²) >= 11 is 0. The highest BCUT2D eigenvalue weighted by atomic mass is 16.6. The van der Waals surface area contributed by atoms with Gasteiger partial charge in [-0.05, 0) is 20.8 Å². The Bertz CT molecular complexity index is 251. The molecule has 0 amide bonds. The van der Waals surface area contributed by atoms with Crippen molar-refractivity contribution in [1.82, 2.24) is 0 Å². The van der Waals surface area contributed by atoms with E-state index in [1.165, 1.54) is 6.08 Å². The maximum absolute atomic E-state index is 11.1. The lowest BCUT2D eigenvalue weighted by atomic mass is 10.3. The summed E-state index contributed by atoms with van der Waals surface area (Å²) in [5.41, 5.74) is 0.0227. The number of esters is 1. The van der Waals surface area contributed by atoms with Crippen molar-refractivity contribution in [3.63, 3.8) is 0 Å². The Hall–Kier alpha value is -1.34. The van der Waals surface area contributed by atoms with Gasteiger partial charge in [-0.25, -0.2) is 4.79 Å². The van der Waals surface area contributed by atoms with Gasteiger partial charge in [0.15, 0.2) is 0 Å². The third-order valence-electron chi connectivity index (χ3n) is 1.40. The highest BCUT2D eigenvalue weighted by Crippen LogP contribution is 1.96. The minimum atomic E-state index is -0.595. The first-order valence-corrected chi connectivity index (χ1v) is 4.47. The van der Waals surface area contributed by atoms with E-state index < -0.39 is 5.97 Å². The predicted octanol–water partition coefficient (Wildman–Crippen LogP) is 1.42. The molecule has 0 radical (unpaired) electrons. The van der Waals surface area contributed by atoms with Crippen LogP contribution < -0.4 is 0 Å². The summed E-state index contributed by atoms with van der Waals surface area (Å²) in [6.45, 7) is 5.94. The standard InChI is InChI=1S/C10H15NO3/c1-4-9(7-11)10(12)14-6-5-13-8(2)3/h4,8H,5-6H2,1-3H3. The first-order chi connectivity index (χ1) is 6.61. The second-order valence-electron chi connectivity index (χ2n) is 2.87. The van der Waals surface area contributed by atoms with Crippen LogP contribution >= 0.6 is 0 Å². The van der Waals surface area contributed by atoms with Gasteiger partial charge in [-0.1, -0.05) is 6.08 Å². The van der Waals surface area contributed by atoms with E-state index in [0.29, 0.717) is 6.61 Å². The van der Waals surface area contributed by atoms with Crippen LogP contribution in [0.1, 0.15) is 20.8 Å². The van der Waals surface area contributed by atoms with Crippen LogP contribution in [-0.2, 0) is 14.3 Å². The zero-order valence-electron chi connectivity index (χ0n) is 8.74. The van der Waals surface area contributed by atoms with E-state index in [4.69, 9.17) is 14.7 Å². The van der Waals surface area contributed by atoms with Gasteiger partial charge in [-0.2, -0.15) is 5.26 Å². The summed E-state index contributed by atoms with van der Waals surface area (Å²) in [4.78, 5) is 11.1. The lowest BCUT2D eigenvalue weighted by Crippen LogP contribution is -2.14. The molecule has 0 aliphatic rings. The largest absolute Gasteiger partial charge is 0.459 e. The van der Waals surface area contributed by atoms with Gasteiger partial charge in [0.2, 0.25) is 0 Å². The topological polar surface area (TPSA) is 59.3 Å². The van der Waals surface area contributed by atoms with Crippen LogP contribution in [0.4, 0.5) is 0 Å². The van der Waals surface area contributed by atoms with Crippen LogP contribution in [0.3, 0.4) is 0 Å². The minimum Gasteiger partial charge on any atom is -0.459 e. The predicted molar refractivity (Wildman–Crippen MR) is 51.4 cm³/mol. The zero-order chi connectivity index (χ0) is 11.0. The van der Waals surface area contributed by atoms with Crippen LogP contribution in [0.5, 0.6) is 0 Å². The average molecular weight is 197 g/mol. The summed E-state index contributed by atoms with van der Waals surface area (Å²) in [6.07, 6.45) is 1.54. The van der Waals surface area contributed by atoms with Crippen molar-refractivity contribution in [3.05, 3.63) is 11.6 Å². The Morgan fingerprint density at radius 3 is 2.57 bits per heavy atom. The van der Waals surface area contributed by atoms with E-state index in [9.17, 15) is 4.79 Å². The summed E-state index contributed by atoms with van der Waals surface area (Å²) in [7, 11) is 0. The van der Waals surface area contributed by atoms with E-state index >= 15 is 0 Å². The minimum absolute atomic E-state index is 0.0227. The molecule has 4 heteroatoms. The highest BCUT2D eigenvalue weighted by molar-refractivity contribution is 5.92. The molecule has 0 aromatic heterocycles. The number of allylic oxidation sites excluding steroid dienone is 1. The molecule has 14 heavy (non-hydrogen) atoms. The molecular formula is C10H15NO3. The first kappa shape index (κ1) is 12.7. The zero-order valence-corrected chi connectivity index (χ0v) is 8.74. The van der Waals surface area contributed by atoms with E-state index in [0.717, 1.165) is 0 Å². The lowest BCUT2D eigenvalue weighted by Gasteiger charge is -2.07. The number of carbonyl (C=O) groups is 1. The monoisotopic (exact) mass is 197 g/mol. The maximum atomic E-state index is 11.1. The molecule has 0 unspecified atom stereocenters. The van der Waals surface area contributed by atoms with Crippen molar-refractivity contribution < 1.29 is 14.3 Å². The van der Waals surface area contributed by atoms with Crippen molar-refractivity contribution in [3.8, 4) is 6.07 Å². The van der Waals surface area contributed by atoms with Crippen molar-refractivity contribution in [2.75, 3.05) is 13.2 Å². The highest BCUT2D eigenvalue weighted by Gasteiger charge is 2.08. The molecular weight excluding hydrogens is 182 g/mol. The fourth-order valence-corrected chi connectivity index (χ4v) is 0.724. The second-order valence-corrected chi connectivity index (χ2v) is 2.87. The van der Waals surface area contributed by atoms with Crippen molar-refractivity contribution in [2.24, 2.45) is 0 Å². The molecule has 78 valence electrons. The molecule has 0 saturated carbocycles. The van der Waals surface area contributed by atoms with Crippen LogP contribution in [0.2, 0.25) is 0 Å². The molecule has 4 nitrogen and oxygen atoms in total. The number of hydrogen-bond acceptors (Lipinski definition) is 4. The Kier molecular flexibility index (Phi) is 6.42. The molecule has 0 N–H and O–H groups in total. The summed E-state index contributed by atoms with van der Waals surface area (Å²) in [5.74, 6) is -0.595. The second kappa shape index (κ2) is 7.10. The van der Waals surface area contributed by atoms with Crippen LogP contribution in [0.25, 0.3) is 0 Å². The van der Waals surface area contributed by atoms with Gasteiger partial charge in [0.25, 0.3) is 0 Å². The SMILES string of the molecule is CC=C(C#N)C(=O)OCCOC(C)C. The summed E-state index contributed by atoms with van der Waals surface area (Å²) in [5, 5.41) is 8.49. The molecule has 0 fully saturated rings. The third kappa shape index (κ3) is 5.33. The summed E-state index contributed by atoms with van der Waals surface area (Å²) in [6, 6.07) is 1.75. The third-order valence-corrected chi connectivity index (χ3v) is 1.40. The van der Waals surface area contributed by atoms with Gasteiger partial charge in [-0.15, -0.1) is 0 Å². The quantitative estimate of drug-likeness (QED) is 0.289. The Balaban J connectivity index is 3.71. The number of ether oxygens (including phenoxy) is 2.